The molecule has 2 aromatic heterocycles. The highest BCUT2D eigenvalue weighted by molar-refractivity contribution is 5.58. The fourth-order valence-corrected chi connectivity index (χ4v) is 1.24. The summed E-state index contributed by atoms with van der Waals surface area (Å²) in [5.74, 6) is 1.08. The average Bonchev–Trinajstić information content (AvgIpc) is 2.76. The van der Waals surface area contributed by atoms with Crippen molar-refractivity contribution in [3.8, 4) is 11.3 Å². The van der Waals surface area contributed by atoms with Gasteiger partial charge >= 0.3 is 0 Å². The molecule has 2 rings (SSSR count). The quantitative estimate of drug-likeness (QED) is 0.584. The Hall–Kier alpha value is -2.43. The van der Waals surface area contributed by atoms with Crippen LogP contribution in [0.25, 0.3) is 17.4 Å². The molecule has 0 fully saturated rings. The molecule has 0 bridgehead atoms. The number of rotatable bonds is 3. The van der Waals surface area contributed by atoms with E-state index in [0.717, 1.165) is 11.8 Å². The molecule has 2 aromatic rings. The number of pyridine rings is 1. The number of nitrogens with zero attached hydrogens (tertiary/aromatic N) is 2. The third-order valence-corrected chi connectivity index (χ3v) is 1.93. The van der Waals surface area contributed by atoms with E-state index in [1.165, 1.54) is 6.08 Å². The minimum absolute atomic E-state index is 0.440. The van der Waals surface area contributed by atoms with Crippen molar-refractivity contribution in [1.82, 2.24) is 4.98 Å². The summed E-state index contributed by atoms with van der Waals surface area (Å²) in [6.45, 7) is 0. The zero-order valence-electron chi connectivity index (χ0n) is 8.24. The zero-order chi connectivity index (χ0) is 11.4. The normalized spacial score (nSPS) is 10.8. The molecule has 0 spiro atoms. The molecule has 5 heteroatoms. The third kappa shape index (κ3) is 2.33. The van der Waals surface area contributed by atoms with Crippen molar-refractivity contribution in [2.24, 2.45) is 0 Å². The van der Waals surface area contributed by atoms with Crippen molar-refractivity contribution in [3.63, 3.8) is 0 Å². The van der Waals surface area contributed by atoms with Crippen molar-refractivity contribution >= 4 is 6.08 Å². The topological polar surface area (TPSA) is 69.2 Å². The van der Waals surface area contributed by atoms with E-state index in [-0.39, 0.29) is 0 Å². The lowest BCUT2D eigenvalue weighted by Gasteiger charge is -1.93. The highest BCUT2D eigenvalue weighted by Crippen LogP contribution is 2.21. The van der Waals surface area contributed by atoms with Crippen molar-refractivity contribution in [2.75, 3.05) is 0 Å². The standard InChI is InChI=1S/C11H8N2O3/c14-13(15)7-5-10-3-4-11(16-10)9-2-1-6-12-8-9/h1-8H. The maximum absolute atomic E-state index is 10.1. The second-order valence-corrected chi connectivity index (χ2v) is 3.04. The Morgan fingerprint density at radius 1 is 1.38 bits per heavy atom. The lowest BCUT2D eigenvalue weighted by molar-refractivity contribution is -0.401. The van der Waals surface area contributed by atoms with Gasteiger partial charge < -0.3 is 4.42 Å². The molecule has 0 amide bonds. The van der Waals surface area contributed by atoms with Crippen LogP contribution in [0, 0.1) is 10.1 Å². The average molecular weight is 216 g/mol. The predicted molar refractivity (Wildman–Crippen MR) is 58.0 cm³/mol. The van der Waals surface area contributed by atoms with Crippen molar-refractivity contribution in [2.45, 2.75) is 0 Å². The minimum atomic E-state index is -0.535. The predicted octanol–water partition coefficient (Wildman–Crippen LogP) is 2.59. The first-order valence-electron chi connectivity index (χ1n) is 4.57. The molecule has 0 N–H and O–H groups in total. The molecule has 5 nitrogen and oxygen atoms in total. The summed E-state index contributed by atoms with van der Waals surface area (Å²) in [5, 5.41) is 10.1. The van der Waals surface area contributed by atoms with Gasteiger partial charge in [-0.25, -0.2) is 0 Å². The molecule has 0 saturated carbocycles. The molecule has 16 heavy (non-hydrogen) atoms. The molecule has 0 unspecified atom stereocenters. The van der Waals surface area contributed by atoms with Crippen molar-refractivity contribution < 1.29 is 9.34 Å². The fraction of sp³-hybridized carbons (Fsp3) is 0. The summed E-state index contributed by atoms with van der Waals surface area (Å²) in [6, 6.07) is 7.07. The van der Waals surface area contributed by atoms with Crippen LogP contribution in [0.1, 0.15) is 5.76 Å². The minimum Gasteiger partial charge on any atom is -0.456 e. The van der Waals surface area contributed by atoms with Gasteiger partial charge in [-0.1, -0.05) is 0 Å². The molecule has 0 radical (unpaired) electrons. The molecular formula is C11H8N2O3. The molecule has 0 saturated heterocycles. The maximum Gasteiger partial charge on any atom is 0.238 e. The second-order valence-electron chi connectivity index (χ2n) is 3.04. The third-order valence-electron chi connectivity index (χ3n) is 1.93. The summed E-state index contributed by atoms with van der Waals surface area (Å²) < 4.78 is 5.39. The van der Waals surface area contributed by atoms with Crippen LogP contribution in [-0.4, -0.2) is 9.91 Å². The number of nitro groups is 1. The lowest BCUT2D eigenvalue weighted by atomic mass is 10.2. The van der Waals surface area contributed by atoms with Gasteiger partial charge in [0.25, 0.3) is 0 Å². The van der Waals surface area contributed by atoms with E-state index >= 15 is 0 Å². The highest BCUT2D eigenvalue weighted by Gasteiger charge is 2.02. The SMILES string of the molecule is O=[N+]([O-])C=Cc1ccc(-c2cccnc2)o1. The molecule has 2 heterocycles. The molecule has 0 aliphatic carbocycles. The fourth-order valence-electron chi connectivity index (χ4n) is 1.24. The maximum atomic E-state index is 10.1. The van der Waals surface area contributed by atoms with E-state index in [1.807, 2.05) is 6.07 Å². The van der Waals surface area contributed by atoms with Gasteiger partial charge in [-0.05, 0) is 24.3 Å². The summed E-state index contributed by atoms with van der Waals surface area (Å²) in [4.78, 5) is 13.5. The van der Waals surface area contributed by atoms with Gasteiger partial charge in [-0.2, -0.15) is 0 Å². The van der Waals surface area contributed by atoms with E-state index in [4.69, 9.17) is 4.42 Å². The lowest BCUT2D eigenvalue weighted by Crippen LogP contribution is -1.81. The first-order valence-corrected chi connectivity index (χ1v) is 4.57. The van der Waals surface area contributed by atoms with Crippen LogP contribution < -0.4 is 0 Å². The number of furan rings is 1. The van der Waals surface area contributed by atoms with Gasteiger partial charge in [0.2, 0.25) is 6.20 Å². The van der Waals surface area contributed by atoms with E-state index in [0.29, 0.717) is 11.5 Å². The van der Waals surface area contributed by atoms with Crippen LogP contribution >= 0.6 is 0 Å². The summed E-state index contributed by atoms with van der Waals surface area (Å²) in [5.41, 5.74) is 0.836. The molecular weight excluding hydrogens is 208 g/mol. The van der Waals surface area contributed by atoms with Gasteiger partial charge in [-0.3, -0.25) is 15.1 Å². The molecule has 0 atom stereocenters. The zero-order valence-corrected chi connectivity index (χ0v) is 8.24. The monoisotopic (exact) mass is 216 g/mol. The molecule has 80 valence electrons. The number of aromatic nitrogens is 1. The number of hydrogen-bond acceptors (Lipinski definition) is 4. The summed E-state index contributed by atoms with van der Waals surface area (Å²) in [6.07, 6.45) is 5.48. The Morgan fingerprint density at radius 2 is 2.25 bits per heavy atom. The van der Waals surface area contributed by atoms with Crippen LogP contribution in [0.15, 0.2) is 47.3 Å². The Morgan fingerprint density at radius 3 is 2.94 bits per heavy atom. The van der Waals surface area contributed by atoms with E-state index in [2.05, 4.69) is 4.98 Å². The Labute approximate surface area is 91.2 Å². The van der Waals surface area contributed by atoms with E-state index < -0.39 is 4.92 Å². The van der Waals surface area contributed by atoms with Crippen molar-refractivity contribution in [1.29, 1.82) is 0 Å². The molecule has 0 aliphatic rings. The van der Waals surface area contributed by atoms with Crippen LogP contribution in [0.3, 0.4) is 0 Å². The highest BCUT2D eigenvalue weighted by atomic mass is 16.6. The Bertz CT molecular complexity index is 517. The van der Waals surface area contributed by atoms with Crippen LogP contribution in [0.2, 0.25) is 0 Å². The smallest absolute Gasteiger partial charge is 0.238 e. The number of hydrogen-bond donors (Lipinski definition) is 0. The largest absolute Gasteiger partial charge is 0.456 e. The molecule has 0 aliphatic heterocycles. The van der Waals surface area contributed by atoms with Gasteiger partial charge in [0.15, 0.2) is 0 Å². The van der Waals surface area contributed by atoms with Crippen LogP contribution in [0.5, 0.6) is 0 Å². The van der Waals surface area contributed by atoms with Crippen LogP contribution in [-0.2, 0) is 0 Å². The first kappa shape index (κ1) is 10.1. The van der Waals surface area contributed by atoms with E-state index in [1.54, 1.807) is 30.6 Å². The first-order chi connectivity index (χ1) is 7.75. The Balaban J connectivity index is 2.23. The summed E-state index contributed by atoms with van der Waals surface area (Å²) >= 11 is 0. The van der Waals surface area contributed by atoms with E-state index in [9.17, 15) is 10.1 Å². The molecule has 0 aromatic carbocycles. The van der Waals surface area contributed by atoms with Gasteiger partial charge in [0, 0.05) is 18.0 Å². The van der Waals surface area contributed by atoms with Gasteiger partial charge in [0.1, 0.15) is 11.5 Å². The second kappa shape index (κ2) is 4.39. The van der Waals surface area contributed by atoms with Gasteiger partial charge in [0.05, 0.1) is 11.0 Å². The van der Waals surface area contributed by atoms with Gasteiger partial charge in [-0.15, -0.1) is 0 Å². The Kier molecular flexibility index (Phi) is 2.77. The van der Waals surface area contributed by atoms with Crippen molar-refractivity contribution in [3.05, 3.63) is 58.7 Å². The van der Waals surface area contributed by atoms with Crippen LogP contribution in [0.4, 0.5) is 0 Å². The summed E-state index contributed by atoms with van der Waals surface area (Å²) in [7, 11) is 0.